The van der Waals surface area contributed by atoms with E-state index in [4.69, 9.17) is 12.2 Å². The van der Waals surface area contributed by atoms with Crippen LogP contribution in [0, 0.1) is 0 Å². The molecule has 90 valence electrons. The largest absolute Gasteiger partial charge is 0.295 e. The molecule has 1 saturated heterocycles. The van der Waals surface area contributed by atoms with Gasteiger partial charge in [0.2, 0.25) is 5.96 Å². The van der Waals surface area contributed by atoms with Crippen LogP contribution in [0.5, 0.6) is 0 Å². The molecule has 0 spiro atoms. The van der Waals surface area contributed by atoms with Gasteiger partial charge in [-0.25, -0.2) is 4.99 Å². The summed E-state index contributed by atoms with van der Waals surface area (Å²) in [5, 5.41) is 0.954. The van der Waals surface area contributed by atoms with Crippen LogP contribution in [0.15, 0.2) is 34.3 Å². The molecule has 3 heterocycles. The van der Waals surface area contributed by atoms with Crippen molar-refractivity contribution in [2.75, 3.05) is 13.1 Å². The summed E-state index contributed by atoms with van der Waals surface area (Å²) in [7, 11) is 0. The Labute approximate surface area is 114 Å². The number of thioether (sulfide) groups is 1. The van der Waals surface area contributed by atoms with E-state index in [1.807, 2.05) is 12.1 Å². The zero-order valence-electron chi connectivity index (χ0n) is 9.54. The molecule has 0 atom stereocenters. The minimum atomic E-state index is 0.821. The molecule has 0 unspecified atom stereocenters. The minimum Gasteiger partial charge on any atom is -0.295 e. The van der Waals surface area contributed by atoms with Crippen molar-refractivity contribution in [2.24, 2.45) is 9.98 Å². The lowest BCUT2D eigenvalue weighted by molar-refractivity contribution is 0.525. The molecule has 0 saturated carbocycles. The molecule has 0 aromatic heterocycles. The van der Waals surface area contributed by atoms with Crippen molar-refractivity contribution in [3.05, 3.63) is 29.8 Å². The summed E-state index contributed by atoms with van der Waals surface area (Å²) in [4.78, 5) is 13.5. The van der Waals surface area contributed by atoms with Crippen molar-refractivity contribution in [1.82, 2.24) is 9.80 Å². The maximum atomic E-state index is 5.41. The fourth-order valence-corrected chi connectivity index (χ4v) is 3.60. The first kappa shape index (κ1) is 10.5. The second-order valence-electron chi connectivity index (χ2n) is 4.31. The molecule has 1 aromatic carbocycles. The number of benzene rings is 1. The number of aliphatic imine (C=N–C) groups is 2. The van der Waals surface area contributed by atoms with Crippen LogP contribution in [-0.2, 0) is 6.54 Å². The predicted molar refractivity (Wildman–Crippen MR) is 78.3 cm³/mol. The van der Waals surface area contributed by atoms with E-state index in [9.17, 15) is 0 Å². The van der Waals surface area contributed by atoms with Crippen molar-refractivity contribution < 1.29 is 0 Å². The molecule has 4 rings (SSSR count). The van der Waals surface area contributed by atoms with Crippen LogP contribution in [0.4, 0.5) is 5.69 Å². The average Bonchev–Trinajstić information content (AvgIpc) is 2.87. The van der Waals surface area contributed by atoms with Crippen LogP contribution in [0.25, 0.3) is 0 Å². The van der Waals surface area contributed by atoms with Crippen molar-refractivity contribution in [2.45, 2.75) is 6.54 Å². The summed E-state index contributed by atoms with van der Waals surface area (Å²) in [6, 6.07) is 8.23. The summed E-state index contributed by atoms with van der Waals surface area (Å²) in [6.07, 6.45) is 0. The van der Waals surface area contributed by atoms with Gasteiger partial charge in [0.25, 0.3) is 0 Å². The number of hydrogen-bond donors (Lipinski definition) is 0. The maximum Gasteiger partial charge on any atom is 0.208 e. The van der Waals surface area contributed by atoms with E-state index >= 15 is 0 Å². The van der Waals surface area contributed by atoms with E-state index in [1.165, 1.54) is 5.56 Å². The highest BCUT2D eigenvalue weighted by Gasteiger charge is 2.37. The van der Waals surface area contributed by atoms with E-state index in [0.29, 0.717) is 0 Å². The molecule has 3 aliphatic heterocycles. The summed E-state index contributed by atoms with van der Waals surface area (Å²) in [6.45, 7) is 2.55. The third kappa shape index (κ3) is 1.42. The van der Waals surface area contributed by atoms with Crippen molar-refractivity contribution in [3.63, 3.8) is 0 Å². The fraction of sp³-hybridized carbons (Fsp3) is 0.250. The molecule has 1 fully saturated rings. The monoisotopic (exact) mass is 274 g/mol. The highest BCUT2D eigenvalue weighted by Crippen LogP contribution is 2.34. The molecule has 4 nitrogen and oxygen atoms in total. The number of rotatable bonds is 0. The standard InChI is InChI=1S/C12H10N4S2/c17-12-15-6-5-13-10(15)16-7-8-3-1-2-4-9(8)14-11(16)18-12/h1-4H,5-7H2. The van der Waals surface area contributed by atoms with Crippen LogP contribution in [0.1, 0.15) is 5.56 Å². The summed E-state index contributed by atoms with van der Waals surface area (Å²) >= 11 is 6.97. The Kier molecular flexibility index (Phi) is 2.22. The number of guanidine groups is 1. The molecular weight excluding hydrogens is 264 g/mol. The molecule has 0 bridgehead atoms. The maximum absolute atomic E-state index is 5.41. The number of para-hydroxylation sites is 1. The molecule has 1 aromatic rings. The average molecular weight is 274 g/mol. The van der Waals surface area contributed by atoms with Gasteiger partial charge in [-0.15, -0.1) is 0 Å². The minimum absolute atomic E-state index is 0.821. The number of nitrogens with zero attached hydrogens (tertiary/aromatic N) is 4. The lowest BCUT2D eigenvalue weighted by Crippen LogP contribution is -2.51. The van der Waals surface area contributed by atoms with Gasteiger partial charge in [-0.2, -0.15) is 0 Å². The summed E-state index contributed by atoms with van der Waals surface area (Å²) in [5.74, 6) is 0.965. The molecule has 18 heavy (non-hydrogen) atoms. The van der Waals surface area contributed by atoms with Crippen LogP contribution in [-0.4, -0.2) is 38.3 Å². The summed E-state index contributed by atoms with van der Waals surface area (Å²) in [5.41, 5.74) is 2.29. The second-order valence-corrected chi connectivity index (χ2v) is 5.91. The Hall–Kier alpha value is -1.40. The molecule has 0 aliphatic carbocycles. The van der Waals surface area contributed by atoms with E-state index in [-0.39, 0.29) is 0 Å². The normalized spacial score (nSPS) is 21.0. The van der Waals surface area contributed by atoms with Crippen LogP contribution in [0.3, 0.4) is 0 Å². The predicted octanol–water partition coefficient (Wildman–Crippen LogP) is 2.19. The zero-order chi connectivity index (χ0) is 12.1. The Balaban J connectivity index is 1.83. The lowest BCUT2D eigenvalue weighted by atomic mass is 10.1. The number of amidine groups is 1. The number of fused-ring (bicyclic) bond motifs is 4. The van der Waals surface area contributed by atoms with Gasteiger partial charge in [0.05, 0.1) is 18.8 Å². The van der Waals surface area contributed by atoms with Gasteiger partial charge in [0.15, 0.2) is 9.49 Å². The van der Waals surface area contributed by atoms with Crippen LogP contribution in [0.2, 0.25) is 0 Å². The quantitative estimate of drug-likeness (QED) is 0.679. The first-order valence-electron chi connectivity index (χ1n) is 5.81. The number of thiocarbonyl (C=S) groups is 1. The van der Waals surface area contributed by atoms with Crippen molar-refractivity contribution in [1.29, 1.82) is 0 Å². The van der Waals surface area contributed by atoms with E-state index in [2.05, 4.69) is 31.9 Å². The second kappa shape index (κ2) is 3.80. The Morgan fingerprint density at radius 2 is 2.11 bits per heavy atom. The van der Waals surface area contributed by atoms with Gasteiger partial charge in [-0.1, -0.05) is 30.4 Å². The van der Waals surface area contributed by atoms with E-state index in [1.54, 1.807) is 11.8 Å². The first-order valence-corrected chi connectivity index (χ1v) is 7.03. The van der Waals surface area contributed by atoms with Crippen LogP contribution >= 0.6 is 24.0 Å². The van der Waals surface area contributed by atoms with Gasteiger partial charge < -0.3 is 0 Å². The van der Waals surface area contributed by atoms with E-state index < -0.39 is 0 Å². The van der Waals surface area contributed by atoms with Crippen molar-refractivity contribution >= 4 is 45.1 Å². The first-order chi connectivity index (χ1) is 8.83. The Morgan fingerprint density at radius 3 is 3.06 bits per heavy atom. The topological polar surface area (TPSA) is 31.2 Å². The third-order valence-corrected chi connectivity index (χ3v) is 4.59. The van der Waals surface area contributed by atoms with Crippen molar-refractivity contribution in [3.8, 4) is 0 Å². The molecule has 0 N–H and O–H groups in total. The van der Waals surface area contributed by atoms with Gasteiger partial charge in [-0.3, -0.25) is 14.8 Å². The Bertz CT molecular complexity index is 608. The van der Waals surface area contributed by atoms with Gasteiger partial charge >= 0.3 is 0 Å². The Morgan fingerprint density at radius 1 is 1.22 bits per heavy atom. The molecular formula is C12H10N4S2. The molecule has 6 heteroatoms. The van der Waals surface area contributed by atoms with Gasteiger partial charge in [0, 0.05) is 6.54 Å². The lowest BCUT2D eigenvalue weighted by Gasteiger charge is -2.38. The smallest absolute Gasteiger partial charge is 0.208 e. The fourth-order valence-electron chi connectivity index (χ4n) is 2.36. The molecule has 0 amide bonds. The van der Waals surface area contributed by atoms with E-state index in [0.717, 1.165) is 40.8 Å². The van der Waals surface area contributed by atoms with Gasteiger partial charge in [0.1, 0.15) is 0 Å². The molecule has 3 aliphatic rings. The van der Waals surface area contributed by atoms with Crippen LogP contribution < -0.4 is 0 Å². The SMILES string of the molecule is S=C1SC2=Nc3ccccc3CN2C2=NCCN12. The highest BCUT2D eigenvalue weighted by molar-refractivity contribution is 8.33. The zero-order valence-corrected chi connectivity index (χ0v) is 11.2. The molecule has 0 radical (unpaired) electrons. The van der Waals surface area contributed by atoms with Gasteiger partial charge in [-0.05, 0) is 23.4 Å². The summed E-state index contributed by atoms with van der Waals surface area (Å²) < 4.78 is 0.862. The number of hydrogen-bond acceptors (Lipinski definition) is 5. The highest BCUT2D eigenvalue weighted by atomic mass is 32.2. The third-order valence-electron chi connectivity index (χ3n) is 3.23.